The van der Waals surface area contributed by atoms with Crippen molar-refractivity contribution in [2.24, 2.45) is 0 Å². The predicted octanol–water partition coefficient (Wildman–Crippen LogP) is 4.69. The molecule has 0 aliphatic carbocycles. The third-order valence-electron chi connectivity index (χ3n) is 4.43. The maximum absolute atomic E-state index is 11.9. The van der Waals surface area contributed by atoms with Gasteiger partial charge in [0.25, 0.3) is 0 Å². The molecule has 0 spiro atoms. The lowest BCUT2D eigenvalue weighted by molar-refractivity contribution is -0.123. The van der Waals surface area contributed by atoms with Gasteiger partial charge in [0, 0.05) is 12.6 Å². The fourth-order valence-electron chi connectivity index (χ4n) is 2.91. The fourth-order valence-corrected chi connectivity index (χ4v) is 2.91. The van der Waals surface area contributed by atoms with Crippen molar-refractivity contribution in [2.75, 3.05) is 6.54 Å². The third-order valence-corrected chi connectivity index (χ3v) is 4.43. The molecule has 1 unspecified atom stereocenters. The molecule has 0 aliphatic rings. The van der Waals surface area contributed by atoms with E-state index in [0.29, 0.717) is 13.0 Å². The molecule has 0 aliphatic heterocycles. The zero-order valence-corrected chi connectivity index (χ0v) is 18.8. The molecule has 0 fully saturated rings. The predicted molar refractivity (Wildman–Crippen MR) is 114 cm³/mol. The van der Waals surface area contributed by atoms with Gasteiger partial charge in [-0.25, -0.2) is 4.79 Å². The van der Waals surface area contributed by atoms with Gasteiger partial charge < -0.3 is 20.5 Å². The van der Waals surface area contributed by atoms with Gasteiger partial charge in [-0.15, -0.1) is 0 Å². The Morgan fingerprint density at radius 3 is 2.04 bits per heavy atom. The van der Waals surface area contributed by atoms with Crippen molar-refractivity contribution in [2.45, 2.75) is 123 Å². The van der Waals surface area contributed by atoms with Crippen LogP contribution >= 0.6 is 0 Å². The molecule has 0 saturated heterocycles. The molecule has 2 atom stereocenters. The number of nitrogens with one attached hydrogen (secondary N) is 2. The summed E-state index contributed by atoms with van der Waals surface area (Å²) in [5, 5.41) is 15.4. The minimum atomic E-state index is -0.598. The van der Waals surface area contributed by atoms with E-state index in [0.717, 1.165) is 12.8 Å². The van der Waals surface area contributed by atoms with E-state index in [1.807, 2.05) is 0 Å². The molecule has 0 saturated carbocycles. The van der Waals surface area contributed by atoms with Gasteiger partial charge in [-0.05, 0) is 34.1 Å². The number of aliphatic hydroxyl groups is 1. The SMILES string of the molecule is CCCCCCCCCCC[C@H](O)CC(=O)NCC(C)NC(=O)OC(C)(C)C. The number of rotatable bonds is 15. The van der Waals surface area contributed by atoms with Crippen LogP contribution in [-0.4, -0.2) is 41.4 Å². The largest absolute Gasteiger partial charge is 0.444 e. The maximum atomic E-state index is 11.9. The lowest BCUT2D eigenvalue weighted by atomic mass is 10.0. The number of carbonyl (C=O) groups excluding carboxylic acids is 2. The van der Waals surface area contributed by atoms with Crippen molar-refractivity contribution in [1.29, 1.82) is 0 Å². The highest BCUT2D eigenvalue weighted by molar-refractivity contribution is 5.76. The summed E-state index contributed by atoms with van der Waals surface area (Å²) in [5.41, 5.74) is -0.549. The van der Waals surface area contributed by atoms with Crippen molar-refractivity contribution in [3.05, 3.63) is 0 Å². The number of carbonyl (C=O) groups is 2. The summed E-state index contributed by atoms with van der Waals surface area (Å²) in [6.45, 7) is 9.73. The van der Waals surface area contributed by atoms with Crippen LogP contribution in [0.25, 0.3) is 0 Å². The standard InChI is InChI=1S/C22H44N2O4/c1-6-7-8-9-10-11-12-13-14-15-19(25)16-20(26)23-17-18(2)24-21(27)28-22(3,4)5/h18-19,25H,6-17H2,1-5H3,(H,23,26)(H,24,27)/t18?,19-/m0/s1. The summed E-state index contributed by atoms with van der Waals surface area (Å²) in [6.07, 6.45) is 10.8. The number of aliphatic hydroxyl groups excluding tert-OH is 1. The van der Waals surface area contributed by atoms with Gasteiger partial charge in [0.1, 0.15) is 5.60 Å². The van der Waals surface area contributed by atoms with E-state index < -0.39 is 17.8 Å². The molecule has 2 amide bonds. The fraction of sp³-hybridized carbons (Fsp3) is 0.909. The Hall–Kier alpha value is -1.30. The second-order valence-electron chi connectivity index (χ2n) is 8.83. The zero-order chi connectivity index (χ0) is 21.4. The highest BCUT2D eigenvalue weighted by Crippen LogP contribution is 2.12. The van der Waals surface area contributed by atoms with E-state index in [1.54, 1.807) is 27.7 Å². The average Bonchev–Trinajstić information content (AvgIpc) is 2.56. The molecule has 0 aromatic carbocycles. The number of alkyl carbamates (subject to hydrolysis) is 1. The summed E-state index contributed by atoms with van der Waals surface area (Å²) in [7, 11) is 0. The van der Waals surface area contributed by atoms with Crippen LogP contribution in [-0.2, 0) is 9.53 Å². The van der Waals surface area contributed by atoms with Gasteiger partial charge in [0.15, 0.2) is 0 Å². The molecule has 6 nitrogen and oxygen atoms in total. The quantitative estimate of drug-likeness (QED) is 0.348. The van der Waals surface area contributed by atoms with Gasteiger partial charge in [-0.3, -0.25) is 4.79 Å². The molecular weight excluding hydrogens is 356 g/mol. The van der Waals surface area contributed by atoms with Crippen LogP contribution in [0.5, 0.6) is 0 Å². The van der Waals surface area contributed by atoms with E-state index in [2.05, 4.69) is 17.6 Å². The topological polar surface area (TPSA) is 87.7 Å². The monoisotopic (exact) mass is 400 g/mol. The molecule has 166 valence electrons. The molecule has 0 radical (unpaired) electrons. The highest BCUT2D eigenvalue weighted by Gasteiger charge is 2.18. The van der Waals surface area contributed by atoms with Crippen LogP contribution in [0.4, 0.5) is 4.79 Å². The first kappa shape index (κ1) is 26.7. The molecule has 3 N–H and O–H groups in total. The Kier molecular flexibility index (Phi) is 14.9. The molecule has 6 heteroatoms. The van der Waals surface area contributed by atoms with Crippen LogP contribution in [0, 0.1) is 0 Å². The summed E-state index contributed by atoms with van der Waals surface area (Å²) in [4.78, 5) is 23.6. The van der Waals surface area contributed by atoms with Gasteiger partial charge in [-0.2, -0.15) is 0 Å². The van der Waals surface area contributed by atoms with E-state index in [4.69, 9.17) is 4.74 Å². The second kappa shape index (κ2) is 15.6. The van der Waals surface area contributed by atoms with Crippen LogP contribution in [0.15, 0.2) is 0 Å². The van der Waals surface area contributed by atoms with Crippen LogP contribution < -0.4 is 10.6 Å². The molecule has 0 bridgehead atoms. The van der Waals surface area contributed by atoms with Crippen LogP contribution in [0.1, 0.15) is 105 Å². The van der Waals surface area contributed by atoms with E-state index in [-0.39, 0.29) is 18.4 Å². The van der Waals surface area contributed by atoms with Gasteiger partial charge in [0.2, 0.25) is 5.91 Å². The molecule has 0 rings (SSSR count). The van der Waals surface area contributed by atoms with Crippen molar-refractivity contribution < 1.29 is 19.4 Å². The lowest BCUT2D eigenvalue weighted by Crippen LogP contribution is -2.44. The Bertz CT molecular complexity index is 421. The minimum absolute atomic E-state index is 0.107. The highest BCUT2D eigenvalue weighted by atomic mass is 16.6. The Morgan fingerprint density at radius 2 is 1.50 bits per heavy atom. The smallest absolute Gasteiger partial charge is 0.407 e. The third kappa shape index (κ3) is 18.1. The normalized spacial score (nSPS) is 13.6. The summed E-state index contributed by atoms with van der Waals surface area (Å²) in [6, 6.07) is -0.242. The number of hydrogen-bond acceptors (Lipinski definition) is 4. The number of hydrogen-bond donors (Lipinski definition) is 3. The molecular formula is C22H44N2O4. The molecule has 0 heterocycles. The van der Waals surface area contributed by atoms with Gasteiger partial charge in [-0.1, -0.05) is 64.7 Å². The Balaban J connectivity index is 3.68. The first-order valence-electron chi connectivity index (χ1n) is 11.1. The minimum Gasteiger partial charge on any atom is -0.444 e. The lowest BCUT2D eigenvalue weighted by Gasteiger charge is -2.22. The summed E-state index contributed by atoms with van der Waals surface area (Å²) in [5.74, 6) is -0.193. The van der Waals surface area contributed by atoms with Crippen LogP contribution in [0.2, 0.25) is 0 Å². The number of amides is 2. The van der Waals surface area contributed by atoms with Crippen LogP contribution in [0.3, 0.4) is 0 Å². The molecule has 28 heavy (non-hydrogen) atoms. The van der Waals surface area contributed by atoms with Crippen molar-refractivity contribution in [3.8, 4) is 0 Å². The Morgan fingerprint density at radius 1 is 0.964 bits per heavy atom. The number of unbranched alkanes of at least 4 members (excludes halogenated alkanes) is 8. The van der Waals surface area contributed by atoms with E-state index >= 15 is 0 Å². The average molecular weight is 401 g/mol. The Labute approximate surface area is 172 Å². The van der Waals surface area contributed by atoms with Crippen molar-refractivity contribution in [3.63, 3.8) is 0 Å². The van der Waals surface area contributed by atoms with Gasteiger partial charge >= 0.3 is 6.09 Å². The first-order valence-corrected chi connectivity index (χ1v) is 11.1. The van der Waals surface area contributed by atoms with Crippen molar-refractivity contribution >= 4 is 12.0 Å². The summed E-state index contributed by atoms with van der Waals surface area (Å²) >= 11 is 0. The molecule has 0 aromatic heterocycles. The van der Waals surface area contributed by atoms with E-state index in [1.165, 1.54) is 44.9 Å². The first-order chi connectivity index (χ1) is 13.1. The molecule has 0 aromatic rings. The van der Waals surface area contributed by atoms with Gasteiger partial charge in [0.05, 0.1) is 12.5 Å². The maximum Gasteiger partial charge on any atom is 0.407 e. The summed E-state index contributed by atoms with van der Waals surface area (Å²) < 4.78 is 5.17. The second-order valence-corrected chi connectivity index (χ2v) is 8.83. The van der Waals surface area contributed by atoms with E-state index in [9.17, 15) is 14.7 Å². The number of ether oxygens (including phenoxy) is 1. The zero-order valence-electron chi connectivity index (χ0n) is 18.8. The van der Waals surface area contributed by atoms with Crippen molar-refractivity contribution in [1.82, 2.24) is 10.6 Å².